The van der Waals surface area contributed by atoms with E-state index < -0.39 is 0 Å². The van der Waals surface area contributed by atoms with Crippen molar-refractivity contribution in [1.82, 2.24) is 0 Å². The van der Waals surface area contributed by atoms with Gasteiger partial charge in [-0.2, -0.15) is 0 Å². The fourth-order valence-electron chi connectivity index (χ4n) is 0.947. The van der Waals surface area contributed by atoms with Crippen molar-refractivity contribution >= 4 is 7.85 Å². The maximum atomic E-state index is 5.35. The molecule has 0 bridgehead atoms. The van der Waals surface area contributed by atoms with E-state index in [2.05, 4.69) is 13.8 Å². The first-order valence-corrected chi connectivity index (χ1v) is 4.93. The first-order valence-electron chi connectivity index (χ1n) is 4.93. The molecule has 0 aliphatic rings. The molecule has 0 amide bonds. The highest BCUT2D eigenvalue weighted by atomic mass is 16.5. The van der Waals surface area contributed by atoms with Crippen molar-refractivity contribution in [2.45, 2.75) is 20.2 Å². The number of methoxy groups -OCH3 is 1. The molecule has 0 unspecified atom stereocenters. The monoisotopic (exact) mass is 190 g/mol. The minimum absolute atomic E-state index is 0.640. The van der Waals surface area contributed by atoms with E-state index in [1.165, 1.54) is 5.56 Å². The molecule has 1 rings (SSSR count). The van der Waals surface area contributed by atoms with E-state index in [1.807, 2.05) is 30.3 Å². The minimum atomic E-state index is 0.640. The predicted octanol–water partition coefficient (Wildman–Crippen LogP) is 2.64. The van der Waals surface area contributed by atoms with Gasteiger partial charge in [0.15, 0.2) is 0 Å². The number of rotatable bonds is 3. The summed E-state index contributed by atoms with van der Waals surface area (Å²) in [5, 5.41) is 0. The van der Waals surface area contributed by atoms with Gasteiger partial charge in [0.25, 0.3) is 0 Å². The van der Waals surface area contributed by atoms with E-state index in [1.54, 1.807) is 7.11 Å². The van der Waals surface area contributed by atoms with Gasteiger partial charge in [-0.25, -0.2) is 0 Å². The third kappa shape index (κ3) is 7.87. The molecule has 0 aliphatic heterocycles. The van der Waals surface area contributed by atoms with Crippen LogP contribution in [0.5, 0.6) is 0 Å². The third-order valence-corrected chi connectivity index (χ3v) is 1.58. The zero-order chi connectivity index (χ0) is 10.8. The Labute approximate surface area is 88.9 Å². The molecule has 76 valence electrons. The minimum Gasteiger partial charge on any atom is -0.384 e. The van der Waals surface area contributed by atoms with E-state index in [9.17, 15) is 0 Å². The van der Waals surface area contributed by atoms with Gasteiger partial charge in [0.2, 0.25) is 0 Å². The summed E-state index contributed by atoms with van der Waals surface area (Å²) >= 11 is 0. The second-order valence-electron chi connectivity index (χ2n) is 3.54. The largest absolute Gasteiger partial charge is 0.384 e. The summed E-state index contributed by atoms with van der Waals surface area (Å²) in [6.07, 6.45) is 0.640. The lowest BCUT2D eigenvalue weighted by atomic mass is 9.97. The summed E-state index contributed by atoms with van der Waals surface area (Å²) in [5.74, 6) is 0.676. The van der Waals surface area contributed by atoms with Gasteiger partial charge in [0, 0.05) is 13.7 Å². The maximum absolute atomic E-state index is 5.35. The maximum Gasteiger partial charge on any atom is 0.0716 e. The van der Waals surface area contributed by atoms with Crippen LogP contribution in [0, 0.1) is 5.92 Å². The fraction of sp³-hybridized carbons (Fsp3) is 0.500. The summed E-state index contributed by atoms with van der Waals surface area (Å²) in [6, 6.07) is 9.99. The van der Waals surface area contributed by atoms with Crippen molar-refractivity contribution in [3.8, 4) is 0 Å². The van der Waals surface area contributed by atoms with Crippen molar-refractivity contribution in [3.05, 3.63) is 35.9 Å². The smallest absolute Gasteiger partial charge is 0.0716 e. The molecule has 1 aromatic carbocycles. The molecule has 0 heterocycles. The molecule has 0 spiro atoms. The lowest BCUT2D eigenvalue weighted by Crippen LogP contribution is -1.96. The Morgan fingerprint density at radius 3 is 2.00 bits per heavy atom. The molecule has 0 aliphatic carbocycles. The SMILES string of the molecule is COCC(C)C.[B]Cc1ccccc1. The molecule has 2 radical (unpaired) electrons. The van der Waals surface area contributed by atoms with Gasteiger partial charge < -0.3 is 4.74 Å². The molecule has 0 fully saturated rings. The van der Waals surface area contributed by atoms with Gasteiger partial charge in [-0.15, -0.1) is 0 Å². The summed E-state index contributed by atoms with van der Waals surface area (Å²) < 4.78 is 4.80. The number of benzene rings is 1. The second-order valence-corrected chi connectivity index (χ2v) is 3.54. The average molecular weight is 190 g/mol. The Bertz CT molecular complexity index is 209. The van der Waals surface area contributed by atoms with Crippen LogP contribution in [0.3, 0.4) is 0 Å². The van der Waals surface area contributed by atoms with Crippen LogP contribution in [0.25, 0.3) is 0 Å². The first kappa shape index (κ1) is 13.2. The standard InChI is InChI=1S/C7H7B.C5H12O/c8-6-7-4-2-1-3-5-7;1-5(2)4-6-3/h1-5H,6H2;5H,4H2,1-3H3. The highest BCUT2D eigenvalue weighted by Gasteiger charge is 1.85. The van der Waals surface area contributed by atoms with Crippen LogP contribution in [0.1, 0.15) is 19.4 Å². The van der Waals surface area contributed by atoms with Gasteiger partial charge in [-0.3, -0.25) is 0 Å². The van der Waals surface area contributed by atoms with Crippen molar-refractivity contribution in [2.75, 3.05) is 13.7 Å². The fourth-order valence-corrected chi connectivity index (χ4v) is 0.947. The Balaban J connectivity index is 0.000000255. The third-order valence-electron chi connectivity index (χ3n) is 1.58. The van der Waals surface area contributed by atoms with Crippen LogP contribution in [0.4, 0.5) is 0 Å². The van der Waals surface area contributed by atoms with Crippen LogP contribution < -0.4 is 0 Å². The summed E-state index contributed by atoms with van der Waals surface area (Å²) in [7, 11) is 7.07. The van der Waals surface area contributed by atoms with Crippen LogP contribution >= 0.6 is 0 Å². The van der Waals surface area contributed by atoms with Gasteiger partial charge in [-0.1, -0.05) is 56.1 Å². The van der Waals surface area contributed by atoms with Crippen molar-refractivity contribution in [1.29, 1.82) is 0 Å². The Hall–Kier alpha value is -0.755. The molecule has 0 saturated carbocycles. The Morgan fingerprint density at radius 2 is 1.79 bits per heavy atom. The lowest BCUT2D eigenvalue weighted by molar-refractivity contribution is 0.167. The summed E-state index contributed by atoms with van der Waals surface area (Å²) in [4.78, 5) is 0. The normalized spacial score (nSPS) is 9.43. The summed E-state index contributed by atoms with van der Waals surface area (Å²) in [6.45, 7) is 5.13. The molecule has 0 N–H and O–H groups in total. The van der Waals surface area contributed by atoms with Gasteiger partial charge in [-0.05, 0) is 5.92 Å². The zero-order valence-electron chi connectivity index (χ0n) is 9.36. The van der Waals surface area contributed by atoms with Crippen molar-refractivity contribution < 1.29 is 4.74 Å². The molecule has 2 heteroatoms. The number of hydrogen-bond acceptors (Lipinski definition) is 1. The van der Waals surface area contributed by atoms with Gasteiger partial charge in [0.1, 0.15) is 0 Å². The van der Waals surface area contributed by atoms with Crippen molar-refractivity contribution in [2.24, 2.45) is 5.92 Å². The molecule has 0 atom stereocenters. The molecular weight excluding hydrogens is 171 g/mol. The Kier molecular flexibility index (Phi) is 8.35. The van der Waals surface area contributed by atoms with Crippen LogP contribution in [-0.4, -0.2) is 21.6 Å². The van der Waals surface area contributed by atoms with E-state index in [0.29, 0.717) is 12.2 Å². The molecular formula is C12H19BO. The lowest BCUT2D eigenvalue weighted by Gasteiger charge is -1.97. The Morgan fingerprint density at radius 1 is 1.21 bits per heavy atom. The average Bonchev–Trinajstić information content (AvgIpc) is 2.20. The molecule has 14 heavy (non-hydrogen) atoms. The summed E-state index contributed by atoms with van der Waals surface area (Å²) in [5.41, 5.74) is 1.19. The van der Waals surface area contributed by atoms with Crippen LogP contribution in [0.15, 0.2) is 30.3 Å². The molecule has 1 nitrogen and oxygen atoms in total. The molecule has 0 aromatic heterocycles. The van der Waals surface area contributed by atoms with Crippen molar-refractivity contribution in [3.63, 3.8) is 0 Å². The van der Waals surface area contributed by atoms with Gasteiger partial charge in [0.05, 0.1) is 7.85 Å². The highest BCUT2D eigenvalue weighted by molar-refractivity contribution is 6.08. The zero-order valence-corrected chi connectivity index (χ0v) is 9.36. The topological polar surface area (TPSA) is 9.23 Å². The van der Waals surface area contributed by atoms with Crippen LogP contribution in [0.2, 0.25) is 0 Å². The molecule has 1 aromatic rings. The predicted molar refractivity (Wildman–Crippen MR) is 62.6 cm³/mol. The van der Waals surface area contributed by atoms with Gasteiger partial charge >= 0.3 is 0 Å². The molecule has 0 saturated heterocycles. The van der Waals surface area contributed by atoms with E-state index in [-0.39, 0.29) is 0 Å². The quantitative estimate of drug-likeness (QED) is 0.665. The first-order chi connectivity index (χ1) is 6.70. The van der Waals surface area contributed by atoms with E-state index in [0.717, 1.165) is 6.61 Å². The second kappa shape index (κ2) is 8.83. The highest BCUT2D eigenvalue weighted by Crippen LogP contribution is 1.95. The van der Waals surface area contributed by atoms with Crippen LogP contribution in [-0.2, 0) is 11.1 Å². The number of ether oxygens (including phenoxy) is 1. The van der Waals surface area contributed by atoms with E-state index >= 15 is 0 Å². The van der Waals surface area contributed by atoms with E-state index in [4.69, 9.17) is 12.6 Å². The number of hydrogen-bond donors (Lipinski definition) is 0.